The minimum absolute atomic E-state index is 0.0425. The molecule has 0 aliphatic carbocycles. The third kappa shape index (κ3) is 4.77. The molecule has 1 heterocycles. The highest BCUT2D eigenvalue weighted by Gasteiger charge is 2.63. The van der Waals surface area contributed by atoms with Gasteiger partial charge < -0.3 is 9.84 Å². The van der Waals surface area contributed by atoms with Gasteiger partial charge in [0.15, 0.2) is 6.61 Å². The number of carbonyl (C=O) groups excluding carboxylic acids is 1. The van der Waals surface area contributed by atoms with Gasteiger partial charge in [-0.15, -0.1) is 0 Å². The number of hydrogen-bond acceptors (Lipinski definition) is 4. The number of nitrogens with zero attached hydrogens (tertiary/aromatic N) is 2. The molecule has 0 saturated heterocycles. The van der Waals surface area contributed by atoms with Crippen LogP contribution in [-0.4, -0.2) is 40.2 Å². The fourth-order valence-electron chi connectivity index (χ4n) is 3.28. The summed E-state index contributed by atoms with van der Waals surface area (Å²) in [5.41, 5.74) is -1.40. The molecular formula is C22H22BrF3N2O3. The summed E-state index contributed by atoms with van der Waals surface area (Å²) in [6, 6.07) is 11.9. The molecule has 0 unspecified atom stereocenters. The molecule has 1 atom stereocenters. The second-order valence-electron chi connectivity index (χ2n) is 7.73. The molecule has 5 nitrogen and oxygen atoms in total. The van der Waals surface area contributed by atoms with Crippen LogP contribution in [0.1, 0.15) is 42.9 Å². The summed E-state index contributed by atoms with van der Waals surface area (Å²) in [6.45, 7) is 5.03. The van der Waals surface area contributed by atoms with Crippen LogP contribution in [0.15, 0.2) is 52.0 Å². The lowest BCUT2D eigenvalue weighted by Crippen LogP contribution is -2.57. The summed E-state index contributed by atoms with van der Waals surface area (Å²) < 4.78 is 47.5. The fourth-order valence-corrected chi connectivity index (χ4v) is 3.54. The Morgan fingerprint density at radius 1 is 1.26 bits per heavy atom. The first kappa shape index (κ1) is 23.3. The van der Waals surface area contributed by atoms with E-state index in [1.807, 2.05) is 32.9 Å². The van der Waals surface area contributed by atoms with Gasteiger partial charge in [0.1, 0.15) is 5.75 Å². The van der Waals surface area contributed by atoms with Gasteiger partial charge >= 0.3 is 6.18 Å². The molecule has 0 radical (unpaired) electrons. The highest BCUT2D eigenvalue weighted by Crippen LogP contribution is 2.41. The summed E-state index contributed by atoms with van der Waals surface area (Å²) in [7, 11) is 0. The Morgan fingerprint density at radius 3 is 2.48 bits per heavy atom. The van der Waals surface area contributed by atoms with Gasteiger partial charge in [0.2, 0.25) is 0 Å². The van der Waals surface area contributed by atoms with E-state index in [4.69, 9.17) is 4.74 Å². The summed E-state index contributed by atoms with van der Waals surface area (Å²) in [6.07, 6.45) is -5.97. The van der Waals surface area contributed by atoms with Crippen LogP contribution in [0.2, 0.25) is 0 Å². The van der Waals surface area contributed by atoms with E-state index >= 15 is 0 Å². The number of carbonyl (C=O) groups is 1. The minimum atomic E-state index is -5.10. The Bertz CT molecular complexity index is 1010. The van der Waals surface area contributed by atoms with Crippen molar-refractivity contribution in [1.82, 2.24) is 5.01 Å². The molecule has 9 heteroatoms. The summed E-state index contributed by atoms with van der Waals surface area (Å²) >= 11 is 3.26. The van der Waals surface area contributed by atoms with E-state index in [9.17, 15) is 23.1 Å². The van der Waals surface area contributed by atoms with Crippen molar-refractivity contribution in [1.29, 1.82) is 0 Å². The highest BCUT2D eigenvalue weighted by atomic mass is 79.9. The van der Waals surface area contributed by atoms with Gasteiger partial charge in [-0.25, -0.2) is 0 Å². The van der Waals surface area contributed by atoms with Gasteiger partial charge in [-0.05, 0) is 47.7 Å². The van der Waals surface area contributed by atoms with E-state index in [-0.39, 0.29) is 16.6 Å². The summed E-state index contributed by atoms with van der Waals surface area (Å²) in [5, 5.41) is 14.4. The van der Waals surface area contributed by atoms with Crippen molar-refractivity contribution in [3.63, 3.8) is 0 Å². The number of halogens is 4. The number of hydrogen-bond donors (Lipinski definition) is 1. The van der Waals surface area contributed by atoms with Crippen LogP contribution in [0.4, 0.5) is 13.2 Å². The third-order valence-electron chi connectivity index (χ3n) is 4.99. The van der Waals surface area contributed by atoms with Crippen molar-refractivity contribution in [2.75, 3.05) is 6.61 Å². The van der Waals surface area contributed by atoms with E-state index in [2.05, 4.69) is 21.0 Å². The lowest BCUT2D eigenvalue weighted by atomic mass is 10.0. The van der Waals surface area contributed by atoms with Crippen LogP contribution in [0.3, 0.4) is 0 Å². The van der Waals surface area contributed by atoms with E-state index < -0.39 is 30.8 Å². The maximum atomic E-state index is 13.7. The maximum absolute atomic E-state index is 13.7. The van der Waals surface area contributed by atoms with Crippen molar-refractivity contribution in [2.45, 2.75) is 45.0 Å². The molecule has 0 aromatic heterocycles. The van der Waals surface area contributed by atoms with Crippen LogP contribution in [0.5, 0.6) is 5.75 Å². The Hall–Kier alpha value is -2.39. The Kier molecular flexibility index (Phi) is 6.48. The van der Waals surface area contributed by atoms with E-state index in [1.54, 1.807) is 30.3 Å². The van der Waals surface area contributed by atoms with Gasteiger partial charge in [-0.3, -0.25) is 4.79 Å². The monoisotopic (exact) mass is 498 g/mol. The molecule has 2 aromatic rings. The molecule has 166 valence electrons. The molecule has 2 aromatic carbocycles. The van der Waals surface area contributed by atoms with Crippen LogP contribution < -0.4 is 4.74 Å². The SMILES string of the molecule is Cc1ccc(C(C)C)c(OCC(=O)N2N=C(c3ccc(Br)cc3)C[C@@]2(O)C(F)(F)F)c1. The average Bonchev–Trinajstić information content (AvgIpc) is 3.05. The number of aliphatic hydroxyl groups is 1. The number of alkyl halides is 3. The lowest BCUT2D eigenvalue weighted by molar-refractivity contribution is -0.302. The fraction of sp³-hybridized carbons (Fsp3) is 0.364. The molecule has 3 rings (SSSR count). The molecular weight excluding hydrogens is 477 g/mol. The zero-order valence-electron chi connectivity index (χ0n) is 17.2. The molecule has 0 saturated carbocycles. The second kappa shape index (κ2) is 8.63. The van der Waals surface area contributed by atoms with Crippen molar-refractivity contribution >= 4 is 27.5 Å². The first-order chi connectivity index (χ1) is 14.4. The number of amides is 1. The molecule has 1 amide bonds. The molecule has 0 spiro atoms. The predicted molar refractivity (Wildman–Crippen MR) is 114 cm³/mol. The summed E-state index contributed by atoms with van der Waals surface area (Å²) in [4.78, 5) is 12.7. The molecule has 0 fully saturated rings. The van der Waals surface area contributed by atoms with E-state index in [0.717, 1.165) is 15.6 Å². The normalized spacial score (nSPS) is 19.0. The smallest absolute Gasteiger partial charge is 0.438 e. The lowest BCUT2D eigenvalue weighted by Gasteiger charge is -2.32. The van der Waals surface area contributed by atoms with Crippen molar-refractivity contribution in [3.8, 4) is 5.75 Å². The zero-order chi connectivity index (χ0) is 23.0. The average molecular weight is 499 g/mol. The molecule has 0 bridgehead atoms. The minimum Gasteiger partial charge on any atom is -0.483 e. The Morgan fingerprint density at radius 2 is 1.90 bits per heavy atom. The molecule has 1 aliphatic heterocycles. The van der Waals surface area contributed by atoms with Crippen molar-refractivity contribution in [3.05, 3.63) is 63.6 Å². The quantitative estimate of drug-likeness (QED) is 0.620. The van der Waals surface area contributed by atoms with Gasteiger partial charge in [-0.2, -0.15) is 23.3 Å². The maximum Gasteiger partial charge on any atom is 0.438 e. The third-order valence-corrected chi connectivity index (χ3v) is 5.52. The zero-order valence-corrected chi connectivity index (χ0v) is 18.8. The van der Waals surface area contributed by atoms with Gasteiger partial charge in [0, 0.05) is 4.47 Å². The standard InChI is InChI=1S/C22H22BrF3N2O3/c1-13(2)17-9-4-14(3)10-19(17)31-12-20(29)28-21(30,22(24,25)26)11-18(27-28)15-5-7-16(23)8-6-15/h4-10,13,30H,11-12H2,1-3H3/t21-/m1/s1. The number of hydrazone groups is 1. The topological polar surface area (TPSA) is 62.1 Å². The number of ether oxygens (including phenoxy) is 1. The van der Waals surface area contributed by atoms with Gasteiger partial charge in [0.25, 0.3) is 11.6 Å². The predicted octanol–water partition coefficient (Wildman–Crippen LogP) is 5.15. The molecule has 1 aliphatic rings. The van der Waals surface area contributed by atoms with Crippen LogP contribution in [-0.2, 0) is 4.79 Å². The highest BCUT2D eigenvalue weighted by molar-refractivity contribution is 9.10. The molecule has 31 heavy (non-hydrogen) atoms. The van der Waals surface area contributed by atoms with Crippen LogP contribution in [0, 0.1) is 6.92 Å². The molecule has 1 N–H and O–H groups in total. The summed E-state index contributed by atoms with van der Waals surface area (Å²) in [5.74, 6) is -0.593. The van der Waals surface area contributed by atoms with Gasteiger partial charge in [-0.1, -0.05) is 54.0 Å². The van der Waals surface area contributed by atoms with Crippen molar-refractivity contribution < 1.29 is 27.8 Å². The van der Waals surface area contributed by atoms with Gasteiger partial charge in [0.05, 0.1) is 12.1 Å². The van der Waals surface area contributed by atoms with Crippen LogP contribution in [0.25, 0.3) is 0 Å². The van der Waals surface area contributed by atoms with E-state index in [0.29, 0.717) is 11.3 Å². The largest absolute Gasteiger partial charge is 0.483 e. The number of aryl methyl sites for hydroxylation is 1. The Balaban J connectivity index is 1.88. The first-order valence-corrected chi connectivity index (χ1v) is 10.4. The van der Waals surface area contributed by atoms with Crippen molar-refractivity contribution in [2.24, 2.45) is 5.10 Å². The number of rotatable bonds is 5. The second-order valence-corrected chi connectivity index (χ2v) is 8.65. The van der Waals surface area contributed by atoms with Crippen LogP contribution >= 0.6 is 15.9 Å². The Labute approximate surface area is 186 Å². The number of benzene rings is 2. The van der Waals surface area contributed by atoms with E-state index in [1.165, 1.54) is 0 Å². The first-order valence-electron chi connectivity index (χ1n) is 9.61.